The van der Waals surface area contributed by atoms with Crippen molar-refractivity contribution in [3.8, 4) is 11.5 Å². The molecule has 0 spiro atoms. The fraction of sp³-hybridized carbons (Fsp3) is 0.455. The van der Waals surface area contributed by atoms with Crippen molar-refractivity contribution in [1.29, 1.82) is 0 Å². The molecule has 2 nitrogen and oxygen atoms in total. The Morgan fingerprint density at radius 1 is 1.12 bits per heavy atom. The van der Waals surface area contributed by atoms with E-state index in [1.807, 2.05) is 20.8 Å². The van der Waals surface area contributed by atoms with E-state index in [1.54, 1.807) is 6.07 Å². The van der Waals surface area contributed by atoms with E-state index in [1.165, 1.54) is 6.07 Å². The summed E-state index contributed by atoms with van der Waals surface area (Å²) in [4.78, 5) is 0. The third-order valence-electron chi connectivity index (χ3n) is 2.30. The first kappa shape index (κ1) is 11.6. The van der Waals surface area contributed by atoms with E-state index in [9.17, 15) is 8.78 Å². The molecule has 0 aliphatic carbocycles. The summed E-state index contributed by atoms with van der Waals surface area (Å²) in [7, 11) is 0. The van der Waals surface area contributed by atoms with E-state index < -0.39 is 6.29 Å². The average molecular weight is 293 g/mol. The molecular weight excluding hydrogens is 282 g/mol. The number of hydrogen-bond acceptors (Lipinski definition) is 2. The molecule has 16 heavy (non-hydrogen) atoms. The van der Waals surface area contributed by atoms with Gasteiger partial charge in [-0.15, -0.1) is 8.78 Å². The molecule has 0 saturated carbocycles. The molecule has 0 atom stereocenters. The summed E-state index contributed by atoms with van der Waals surface area (Å²) >= 11 is 3.34. The zero-order valence-electron chi connectivity index (χ0n) is 9.11. The molecule has 0 bridgehead atoms. The lowest BCUT2D eigenvalue weighted by atomic mass is 9.87. The van der Waals surface area contributed by atoms with Gasteiger partial charge in [-0.25, -0.2) is 0 Å². The Morgan fingerprint density at radius 2 is 1.62 bits per heavy atom. The van der Waals surface area contributed by atoms with Crippen LogP contribution in [0.5, 0.6) is 11.5 Å². The zero-order chi connectivity index (χ0) is 12.1. The molecule has 0 saturated heterocycles. The lowest BCUT2D eigenvalue weighted by Crippen LogP contribution is -2.25. The standard InChI is InChI=1S/C11H11BrF2O2/c1-10(2,3)6-4-8-9(5-7(6)12)16-11(13,14)15-8/h4-5H,1-3H3. The molecule has 1 aliphatic rings. The Bertz CT molecular complexity index is 438. The highest BCUT2D eigenvalue weighted by atomic mass is 79.9. The van der Waals surface area contributed by atoms with Gasteiger partial charge in [0.15, 0.2) is 11.5 Å². The van der Waals surface area contributed by atoms with Crippen molar-refractivity contribution in [2.24, 2.45) is 0 Å². The van der Waals surface area contributed by atoms with Crippen molar-refractivity contribution in [3.05, 3.63) is 22.2 Å². The summed E-state index contributed by atoms with van der Waals surface area (Å²) in [5, 5.41) is 0. The third kappa shape index (κ3) is 2.00. The van der Waals surface area contributed by atoms with Gasteiger partial charge in [0.1, 0.15) is 0 Å². The maximum atomic E-state index is 12.8. The van der Waals surface area contributed by atoms with E-state index in [0.29, 0.717) is 0 Å². The highest BCUT2D eigenvalue weighted by Gasteiger charge is 2.44. The van der Waals surface area contributed by atoms with Crippen molar-refractivity contribution >= 4 is 15.9 Å². The van der Waals surface area contributed by atoms with Gasteiger partial charge in [-0.05, 0) is 23.1 Å². The summed E-state index contributed by atoms with van der Waals surface area (Å²) < 4.78 is 35.2. The first-order chi connectivity index (χ1) is 7.19. The van der Waals surface area contributed by atoms with Gasteiger partial charge < -0.3 is 9.47 Å². The van der Waals surface area contributed by atoms with E-state index in [4.69, 9.17) is 0 Å². The topological polar surface area (TPSA) is 18.5 Å². The Balaban J connectivity index is 2.49. The molecular formula is C11H11BrF2O2. The van der Waals surface area contributed by atoms with Crippen LogP contribution in [0.3, 0.4) is 0 Å². The van der Waals surface area contributed by atoms with Gasteiger partial charge in [0.05, 0.1) is 0 Å². The lowest BCUT2D eigenvalue weighted by molar-refractivity contribution is -0.286. The summed E-state index contributed by atoms with van der Waals surface area (Å²) in [6.07, 6.45) is -3.56. The van der Waals surface area contributed by atoms with Gasteiger partial charge >= 0.3 is 6.29 Å². The predicted molar refractivity (Wildman–Crippen MR) is 59.0 cm³/mol. The fourth-order valence-corrected chi connectivity index (χ4v) is 2.46. The second-order valence-electron chi connectivity index (χ2n) is 4.70. The van der Waals surface area contributed by atoms with Crippen LogP contribution in [0.15, 0.2) is 16.6 Å². The molecule has 0 fully saturated rings. The number of rotatable bonds is 0. The molecule has 1 aromatic carbocycles. The Morgan fingerprint density at radius 3 is 2.12 bits per heavy atom. The number of halogens is 3. The third-order valence-corrected chi connectivity index (χ3v) is 2.96. The maximum Gasteiger partial charge on any atom is 0.586 e. The molecule has 2 rings (SSSR count). The number of hydrogen-bond donors (Lipinski definition) is 0. The van der Waals surface area contributed by atoms with Gasteiger partial charge in [-0.1, -0.05) is 36.7 Å². The van der Waals surface area contributed by atoms with Crippen molar-refractivity contribution in [2.45, 2.75) is 32.5 Å². The first-order valence-corrected chi connectivity index (χ1v) is 5.58. The smallest absolute Gasteiger partial charge is 0.395 e. The number of benzene rings is 1. The van der Waals surface area contributed by atoms with Gasteiger partial charge in [0, 0.05) is 4.47 Å². The number of alkyl halides is 2. The van der Waals surface area contributed by atoms with Crippen LogP contribution < -0.4 is 9.47 Å². The van der Waals surface area contributed by atoms with E-state index >= 15 is 0 Å². The van der Waals surface area contributed by atoms with Crippen molar-refractivity contribution in [2.75, 3.05) is 0 Å². The molecule has 1 aliphatic heterocycles. The largest absolute Gasteiger partial charge is 0.586 e. The molecule has 0 unspecified atom stereocenters. The second-order valence-corrected chi connectivity index (χ2v) is 5.55. The summed E-state index contributed by atoms with van der Waals surface area (Å²) in [6, 6.07) is 3.09. The van der Waals surface area contributed by atoms with E-state index in [0.717, 1.165) is 10.0 Å². The average Bonchev–Trinajstić information content (AvgIpc) is 2.34. The summed E-state index contributed by atoms with van der Waals surface area (Å²) in [6.45, 7) is 5.98. The van der Waals surface area contributed by atoms with E-state index in [2.05, 4.69) is 25.4 Å². The summed E-state index contributed by atoms with van der Waals surface area (Å²) in [5.74, 6) is 0.142. The van der Waals surface area contributed by atoms with E-state index in [-0.39, 0.29) is 16.9 Å². The van der Waals surface area contributed by atoms with Crippen molar-refractivity contribution < 1.29 is 18.3 Å². The highest BCUT2D eigenvalue weighted by molar-refractivity contribution is 9.10. The van der Waals surface area contributed by atoms with Crippen LogP contribution in [0, 0.1) is 0 Å². The Hall–Kier alpha value is -0.840. The first-order valence-electron chi connectivity index (χ1n) is 4.79. The maximum absolute atomic E-state index is 12.8. The van der Waals surface area contributed by atoms with Crippen LogP contribution >= 0.6 is 15.9 Å². The zero-order valence-corrected chi connectivity index (χ0v) is 10.7. The Kier molecular flexibility index (Phi) is 2.42. The van der Waals surface area contributed by atoms with Crippen molar-refractivity contribution in [3.63, 3.8) is 0 Å². The van der Waals surface area contributed by atoms with Gasteiger partial charge in [-0.3, -0.25) is 0 Å². The van der Waals surface area contributed by atoms with Crippen LogP contribution in [0.2, 0.25) is 0 Å². The molecule has 88 valence electrons. The molecule has 5 heteroatoms. The normalized spacial score (nSPS) is 17.6. The number of fused-ring (bicyclic) bond motifs is 1. The van der Waals surface area contributed by atoms with Crippen molar-refractivity contribution in [1.82, 2.24) is 0 Å². The monoisotopic (exact) mass is 292 g/mol. The molecule has 0 aromatic heterocycles. The molecule has 0 radical (unpaired) electrons. The Labute approximate surface area is 101 Å². The number of ether oxygens (including phenoxy) is 2. The minimum absolute atomic E-state index is 0.0601. The second kappa shape index (κ2) is 3.32. The fourth-order valence-electron chi connectivity index (χ4n) is 1.55. The summed E-state index contributed by atoms with van der Waals surface area (Å²) in [5.41, 5.74) is 0.738. The molecule has 1 heterocycles. The molecule has 0 N–H and O–H groups in total. The minimum Gasteiger partial charge on any atom is -0.395 e. The minimum atomic E-state index is -3.56. The lowest BCUT2D eigenvalue weighted by Gasteiger charge is -2.20. The van der Waals surface area contributed by atoms with Crippen LogP contribution in [0.4, 0.5) is 8.78 Å². The van der Waals surface area contributed by atoms with Crippen LogP contribution in [-0.4, -0.2) is 6.29 Å². The van der Waals surface area contributed by atoms with Crippen LogP contribution in [0.1, 0.15) is 26.3 Å². The van der Waals surface area contributed by atoms with Gasteiger partial charge in [-0.2, -0.15) is 0 Å². The molecule has 1 aromatic rings. The highest BCUT2D eigenvalue weighted by Crippen LogP contribution is 2.45. The van der Waals surface area contributed by atoms with Crippen LogP contribution in [0.25, 0.3) is 0 Å². The van der Waals surface area contributed by atoms with Gasteiger partial charge in [0.2, 0.25) is 0 Å². The predicted octanol–water partition coefficient (Wildman–Crippen LogP) is 4.07. The van der Waals surface area contributed by atoms with Gasteiger partial charge in [0.25, 0.3) is 0 Å². The SMILES string of the molecule is CC(C)(C)c1cc2c(cc1Br)OC(F)(F)O2. The quantitative estimate of drug-likeness (QED) is 0.718. The molecule has 0 amide bonds. The van der Waals surface area contributed by atoms with Crippen LogP contribution in [-0.2, 0) is 5.41 Å².